The molecule has 4 amide bonds. The maximum Gasteiger partial charge on any atom is 0.461 e. The van der Waals surface area contributed by atoms with Crippen molar-refractivity contribution in [3.63, 3.8) is 0 Å². The number of likely N-dealkylation sites (tertiary alicyclic amines) is 1. The van der Waals surface area contributed by atoms with Gasteiger partial charge in [0.15, 0.2) is 0 Å². The van der Waals surface area contributed by atoms with Gasteiger partial charge in [-0.05, 0) is 48.9 Å². The molecule has 0 aromatic heterocycles. The fraction of sp³-hybridized carbons (Fsp3) is 0.621. The molecule has 0 spiro atoms. The lowest BCUT2D eigenvalue weighted by molar-refractivity contribution is -0.270. The number of nitrogens with zero attached hydrogens (tertiary/aromatic N) is 2. The highest BCUT2D eigenvalue weighted by Gasteiger charge is 2.64. The van der Waals surface area contributed by atoms with Gasteiger partial charge in [0.2, 0.25) is 17.6 Å². The summed E-state index contributed by atoms with van der Waals surface area (Å²) in [6.07, 6.45) is -5.75. The molecule has 2 fully saturated rings. The lowest BCUT2D eigenvalue weighted by Crippen LogP contribution is -2.60. The van der Waals surface area contributed by atoms with Crippen LogP contribution in [0.15, 0.2) is 24.3 Å². The number of hydrogen-bond donors (Lipinski definition) is 2. The molecule has 0 radical (unpaired) electrons. The highest BCUT2D eigenvalue weighted by Crippen LogP contribution is 2.37. The predicted molar refractivity (Wildman–Crippen MR) is 147 cm³/mol. The van der Waals surface area contributed by atoms with E-state index in [1.807, 2.05) is 5.32 Å². The van der Waals surface area contributed by atoms with E-state index in [1.54, 1.807) is 18.7 Å². The topological polar surface area (TPSA) is 125 Å². The first-order chi connectivity index (χ1) is 20.5. The van der Waals surface area contributed by atoms with Gasteiger partial charge in [-0.1, -0.05) is 27.7 Å². The van der Waals surface area contributed by atoms with Gasteiger partial charge in [0.1, 0.15) is 12.1 Å². The smallest absolute Gasteiger partial charge is 0.378 e. The van der Waals surface area contributed by atoms with Crippen molar-refractivity contribution in [2.45, 2.75) is 70.8 Å². The zero-order valence-corrected chi connectivity index (χ0v) is 24.9. The Morgan fingerprint density at radius 1 is 0.818 bits per heavy atom. The summed E-state index contributed by atoms with van der Waals surface area (Å²) in [5, 5.41) is 4.65. The number of morpholine rings is 1. The average molecular weight is 633 g/mol. The number of carbonyl (C=O) groups excluding carboxylic acids is 5. The third-order valence-corrected chi connectivity index (χ3v) is 7.66. The van der Waals surface area contributed by atoms with Crippen LogP contribution in [0.5, 0.6) is 0 Å². The van der Waals surface area contributed by atoms with E-state index in [9.17, 15) is 45.9 Å². The Balaban J connectivity index is 1.71. The Hall–Kier alpha value is -3.62. The first-order valence-corrected chi connectivity index (χ1v) is 14.3. The van der Waals surface area contributed by atoms with Gasteiger partial charge in [-0.3, -0.25) is 24.0 Å². The summed E-state index contributed by atoms with van der Waals surface area (Å²) in [7, 11) is 0. The molecule has 3 rings (SSSR count). The van der Waals surface area contributed by atoms with Gasteiger partial charge in [-0.15, -0.1) is 0 Å². The van der Waals surface area contributed by atoms with Gasteiger partial charge >= 0.3 is 12.1 Å². The number of nitrogens with one attached hydrogen (secondary N) is 2. The highest BCUT2D eigenvalue weighted by atomic mass is 19.4. The second-order valence-corrected chi connectivity index (χ2v) is 11.5. The van der Waals surface area contributed by atoms with E-state index in [0.29, 0.717) is 38.3 Å². The lowest BCUT2D eigenvalue weighted by atomic mass is 9.95. The number of benzene rings is 1. The van der Waals surface area contributed by atoms with E-state index < -0.39 is 65.6 Å². The van der Waals surface area contributed by atoms with Crippen molar-refractivity contribution < 1.29 is 50.7 Å². The second kappa shape index (κ2) is 14.0. The predicted octanol–water partition coefficient (Wildman–Crippen LogP) is 2.81. The maximum atomic E-state index is 13.8. The van der Waals surface area contributed by atoms with E-state index in [2.05, 4.69) is 5.32 Å². The van der Waals surface area contributed by atoms with Crippen LogP contribution in [0.1, 0.15) is 61.3 Å². The SMILES string of the molecule is CC(C)[C@H](NC(=O)c1ccc(C(=O)N2CCOCC2)cc1)C(=O)N1CCC[C@H]1C(=O)N[C@@H](C(=O)C(F)(F)C(F)(F)F)C(C)C. The van der Waals surface area contributed by atoms with E-state index in [-0.39, 0.29) is 24.4 Å². The van der Waals surface area contributed by atoms with Gasteiger partial charge < -0.3 is 25.2 Å². The number of rotatable bonds is 10. The third-order valence-electron chi connectivity index (χ3n) is 7.66. The molecule has 2 N–H and O–H groups in total. The molecule has 1 aromatic rings. The van der Waals surface area contributed by atoms with Crippen molar-refractivity contribution in [2.24, 2.45) is 11.8 Å². The van der Waals surface area contributed by atoms with Gasteiger partial charge in [-0.2, -0.15) is 22.0 Å². The van der Waals surface area contributed by atoms with Crippen LogP contribution in [0.4, 0.5) is 22.0 Å². The number of halogens is 5. The first kappa shape index (κ1) is 34.9. The number of ketones is 1. The molecule has 0 bridgehead atoms. The summed E-state index contributed by atoms with van der Waals surface area (Å²) in [6, 6.07) is 1.34. The number of ether oxygens (including phenoxy) is 1. The lowest BCUT2D eigenvalue weighted by Gasteiger charge is -2.32. The van der Waals surface area contributed by atoms with Crippen LogP contribution in [0.25, 0.3) is 0 Å². The van der Waals surface area contributed by atoms with Gasteiger partial charge in [0.05, 0.1) is 19.3 Å². The summed E-state index contributed by atoms with van der Waals surface area (Å²) in [5.41, 5.74) is 0.540. The molecule has 44 heavy (non-hydrogen) atoms. The minimum atomic E-state index is -6.14. The van der Waals surface area contributed by atoms with Crippen molar-refractivity contribution in [1.29, 1.82) is 0 Å². The van der Waals surface area contributed by atoms with E-state index in [1.165, 1.54) is 38.1 Å². The molecule has 3 atom stereocenters. The quantitative estimate of drug-likeness (QED) is 0.383. The molecule has 1 aromatic carbocycles. The minimum absolute atomic E-state index is 0.0629. The van der Waals surface area contributed by atoms with Gasteiger partial charge in [-0.25, -0.2) is 0 Å². The fourth-order valence-corrected chi connectivity index (χ4v) is 5.05. The van der Waals surface area contributed by atoms with E-state index >= 15 is 0 Å². The van der Waals surface area contributed by atoms with Crippen molar-refractivity contribution in [3.05, 3.63) is 35.4 Å². The van der Waals surface area contributed by atoms with Gasteiger partial charge in [0.25, 0.3) is 11.8 Å². The molecule has 0 aliphatic carbocycles. The second-order valence-electron chi connectivity index (χ2n) is 11.5. The summed E-state index contributed by atoms with van der Waals surface area (Å²) in [5.74, 6) is -12.3. The molecule has 10 nitrogen and oxygen atoms in total. The summed E-state index contributed by atoms with van der Waals surface area (Å²) < 4.78 is 71.4. The molecule has 0 unspecified atom stereocenters. The van der Waals surface area contributed by atoms with Crippen molar-refractivity contribution in [1.82, 2.24) is 20.4 Å². The summed E-state index contributed by atoms with van der Waals surface area (Å²) >= 11 is 0. The average Bonchev–Trinajstić information content (AvgIpc) is 3.47. The Labute approximate surface area is 251 Å². The number of hydrogen-bond acceptors (Lipinski definition) is 6. The zero-order valence-electron chi connectivity index (χ0n) is 24.9. The van der Waals surface area contributed by atoms with Crippen LogP contribution < -0.4 is 10.6 Å². The first-order valence-electron chi connectivity index (χ1n) is 14.3. The molecule has 15 heteroatoms. The molecule has 2 saturated heterocycles. The van der Waals surface area contributed by atoms with Crippen molar-refractivity contribution in [2.75, 3.05) is 32.8 Å². The Kier molecular flexibility index (Phi) is 11.1. The molecule has 0 saturated carbocycles. The molecule has 2 aliphatic rings. The largest absolute Gasteiger partial charge is 0.461 e. The van der Waals surface area contributed by atoms with Crippen LogP contribution in [0.3, 0.4) is 0 Å². The molecular formula is C29H37F5N4O6. The van der Waals surface area contributed by atoms with Crippen LogP contribution >= 0.6 is 0 Å². The normalized spacial score (nSPS) is 19.1. The maximum absolute atomic E-state index is 13.8. The standard InChI is InChI=1S/C29H37F5N4O6/c1-16(2)21(23(39)28(30,31)29(32,33)34)35-25(41)20-6-5-11-38(20)27(43)22(17(3)4)36-24(40)18-7-9-19(10-8-18)26(42)37-12-14-44-15-13-37/h7-10,16-17,20-22H,5-6,11-15H2,1-4H3,(H,35,41)(H,36,40)/t20-,21+,22-/m0/s1. The molecule has 2 aliphatic heterocycles. The van der Waals surface area contributed by atoms with Crippen LogP contribution in [-0.2, 0) is 19.1 Å². The Bertz CT molecular complexity index is 1230. The van der Waals surface area contributed by atoms with Crippen molar-refractivity contribution in [3.8, 4) is 0 Å². The van der Waals surface area contributed by atoms with Crippen LogP contribution in [-0.4, -0.2) is 102 Å². The third kappa shape index (κ3) is 7.71. The van der Waals surface area contributed by atoms with Gasteiger partial charge in [0, 0.05) is 30.8 Å². The van der Waals surface area contributed by atoms with E-state index in [0.717, 1.165) is 4.90 Å². The summed E-state index contributed by atoms with van der Waals surface area (Å²) in [4.78, 5) is 67.4. The van der Waals surface area contributed by atoms with E-state index in [4.69, 9.17) is 4.74 Å². The van der Waals surface area contributed by atoms with Crippen molar-refractivity contribution >= 4 is 29.4 Å². The fourth-order valence-electron chi connectivity index (χ4n) is 5.05. The van der Waals surface area contributed by atoms with Crippen LogP contribution in [0, 0.1) is 11.8 Å². The number of carbonyl (C=O) groups is 5. The zero-order chi connectivity index (χ0) is 33.0. The number of amides is 4. The minimum Gasteiger partial charge on any atom is -0.378 e. The molecule has 244 valence electrons. The number of alkyl halides is 5. The van der Waals surface area contributed by atoms with Crippen LogP contribution in [0.2, 0.25) is 0 Å². The highest BCUT2D eigenvalue weighted by molar-refractivity contribution is 6.01. The molecular weight excluding hydrogens is 595 g/mol. The monoisotopic (exact) mass is 632 g/mol. The number of Topliss-reactive ketones (excluding diaryl/α,β-unsaturated/α-hetero) is 1. The Morgan fingerprint density at radius 3 is 1.89 bits per heavy atom. The Morgan fingerprint density at radius 2 is 1.36 bits per heavy atom. The molecule has 2 heterocycles. The summed E-state index contributed by atoms with van der Waals surface area (Å²) in [6.45, 7) is 7.56.